The fraction of sp³-hybridized carbons (Fsp3) is 0.786. The standard InChI is InChI=1S/C14H21N5O2/c20-14(21)13-9-19(16-15-13)12-7-18(8-12)11-3-5-17-4-1-2-10(17)6-11/h9-12H,1-8H2,(H,20,21). The van der Waals surface area contributed by atoms with E-state index >= 15 is 0 Å². The van der Waals surface area contributed by atoms with Crippen molar-refractivity contribution >= 4 is 5.97 Å². The van der Waals surface area contributed by atoms with Gasteiger partial charge >= 0.3 is 5.97 Å². The van der Waals surface area contributed by atoms with E-state index in [1.807, 2.05) is 0 Å². The third-order valence-electron chi connectivity index (χ3n) is 5.30. The normalized spacial score (nSPS) is 31.0. The Morgan fingerprint density at radius 3 is 2.71 bits per heavy atom. The van der Waals surface area contributed by atoms with Crippen LogP contribution in [0.4, 0.5) is 0 Å². The lowest BCUT2D eigenvalue weighted by Gasteiger charge is -2.48. The summed E-state index contributed by atoms with van der Waals surface area (Å²) in [5.41, 5.74) is 0.0349. The summed E-state index contributed by atoms with van der Waals surface area (Å²) in [5, 5.41) is 16.5. The van der Waals surface area contributed by atoms with Gasteiger partial charge in [0.25, 0.3) is 0 Å². The Morgan fingerprint density at radius 2 is 1.95 bits per heavy atom. The number of hydrogen-bond donors (Lipinski definition) is 1. The van der Waals surface area contributed by atoms with Crippen LogP contribution in [0, 0.1) is 0 Å². The zero-order valence-electron chi connectivity index (χ0n) is 12.1. The smallest absolute Gasteiger partial charge is 0.358 e. The molecule has 2 unspecified atom stereocenters. The molecule has 0 radical (unpaired) electrons. The van der Waals surface area contributed by atoms with E-state index in [1.54, 1.807) is 10.9 Å². The molecule has 0 amide bonds. The number of aromatic carboxylic acids is 1. The molecule has 0 saturated carbocycles. The van der Waals surface area contributed by atoms with Gasteiger partial charge < -0.3 is 10.0 Å². The number of rotatable bonds is 3. The maximum atomic E-state index is 10.8. The molecule has 7 nitrogen and oxygen atoms in total. The lowest BCUT2D eigenvalue weighted by Crippen LogP contribution is -2.56. The summed E-state index contributed by atoms with van der Waals surface area (Å²) < 4.78 is 1.71. The minimum absolute atomic E-state index is 0.0349. The molecule has 0 spiro atoms. The lowest BCUT2D eigenvalue weighted by atomic mass is 9.93. The van der Waals surface area contributed by atoms with Crippen LogP contribution in [-0.2, 0) is 0 Å². The van der Waals surface area contributed by atoms with Gasteiger partial charge in [-0.1, -0.05) is 5.21 Å². The highest BCUT2D eigenvalue weighted by Gasteiger charge is 2.39. The number of carboxylic acid groups (broad SMARTS) is 1. The summed E-state index contributed by atoms with van der Waals surface area (Å²) in [7, 11) is 0. The predicted molar refractivity (Wildman–Crippen MR) is 75.2 cm³/mol. The van der Waals surface area contributed by atoms with Crippen LogP contribution in [0.5, 0.6) is 0 Å². The fourth-order valence-electron chi connectivity index (χ4n) is 4.04. The van der Waals surface area contributed by atoms with Crippen molar-refractivity contribution in [3.63, 3.8) is 0 Å². The highest BCUT2D eigenvalue weighted by Crippen LogP contribution is 2.33. The first kappa shape index (κ1) is 13.2. The van der Waals surface area contributed by atoms with Crippen LogP contribution >= 0.6 is 0 Å². The molecule has 1 aromatic rings. The van der Waals surface area contributed by atoms with Gasteiger partial charge in [-0.15, -0.1) is 5.10 Å². The van der Waals surface area contributed by atoms with Crippen LogP contribution in [-0.4, -0.2) is 74.1 Å². The first-order valence-electron chi connectivity index (χ1n) is 7.84. The van der Waals surface area contributed by atoms with Gasteiger partial charge in [0.2, 0.25) is 0 Å². The lowest BCUT2D eigenvalue weighted by molar-refractivity contribution is 0.0100. The Kier molecular flexibility index (Phi) is 3.19. The third-order valence-corrected chi connectivity index (χ3v) is 5.30. The summed E-state index contributed by atoms with van der Waals surface area (Å²) in [6.07, 6.45) is 6.82. The minimum Gasteiger partial charge on any atom is -0.476 e. The maximum Gasteiger partial charge on any atom is 0.358 e. The van der Waals surface area contributed by atoms with Crippen molar-refractivity contribution in [2.75, 3.05) is 26.2 Å². The molecule has 1 aromatic heterocycles. The van der Waals surface area contributed by atoms with Gasteiger partial charge in [-0.25, -0.2) is 9.48 Å². The molecule has 0 aliphatic carbocycles. The highest BCUT2D eigenvalue weighted by molar-refractivity contribution is 5.84. The summed E-state index contributed by atoms with van der Waals surface area (Å²) in [6, 6.07) is 1.78. The van der Waals surface area contributed by atoms with Crippen molar-refractivity contribution in [2.24, 2.45) is 0 Å². The van der Waals surface area contributed by atoms with Crippen molar-refractivity contribution in [2.45, 2.75) is 43.8 Å². The molecule has 3 aliphatic rings. The molecular weight excluding hydrogens is 270 g/mol. The van der Waals surface area contributed by atoms with E-state index in [4.69, 9.17) is 5.11 Å². The van der Waals surface area contributed by atoms with Gasteiger partial charge in [0.1, 0.15) is 0 Å². The average molecular weight is 291 g/mol. The summed E-state index contributed by atoms with van der Waals surface area (Å²) in [5.74, 6) is -1.01. The summed E-state index contributed by atoms with van der Waals surface area (Å²) in [4.78, 5) is 16.0. The molecule has 0 bridgehead atoms. The van der Waals surface area contributed by atoms with Crippen LogP contribution in [0.1, 0.15) is 42.2 Å². The molecule has 4 rings (SSSR count). The summed E-state index contributed by atoms with van der Waals surface area (Å²) >= 11 is 0. The van der Waals surface area contributed by atoms with Crippen molar-refractivity contribution in [3.05, 3.63) is 11.9 Å². The second kappa shape index (κ2) is 5.06. The van der Waals surface area contributed by atoms with Crippen molar-refractivity contribution < 1.29 is 9.90 Å². The molecule has 2 atom stereocenters. The number of nitrogens with zero attached hydrogens (tertiary/aromatic N) is 5. The molecular formula is C14H21N5O2. The first-order chi connectivity index (χ1) is 10.2. The first-order valence-corrected chi connectivity index (χ1v) is 7.84. The third kappa shape index (κ3) is 2.34. The van der Waals surface area contributed by atoms with Crippen LogP contribution in [0.3, 0.4) is 0 Å². The van der Waals surface area contributed by atoms with Crippen LogP contribution in [0.2, 0.25) is 0 Å². The zero-order valence-corrected chi connectivity index (χ0v) is 12.1. The van der Waals surface area contributed by atoms with E-state index in [9.17, 15) is 4.79 Å². The van der Waals surface area contributed by atoms with E-state index in [-0.39, 0.29) is 11.7 Å². The van der Waals surface area contributed by atoms with Crippen LogP contribution in [0.15, 0.2) is 6.20 Å². The largest absolute Gasteiger partial charge is 0.476 e. The molecule has 3 aliphatic heterocycles. The Morgan fingerprint density at radius 1 is 1.14 bits per heavy atom. The second-order valence-corrected chi connectivity index (χ2v) is 6.51. The molecule has 3 saturated heterocycles. The van der Waals surface area contributed by atoms with Gasteiger partial charge in [0.15, 0.2) is 5.69 Å². The number of hydrogen-bond acceptors (Lipinski definition) is 5. The van der Waals surface area contributed by atoms with Crippen molar-refractivity contribution in [1.29, 1.82) is 0 Å². The molecule has 21 heavy (non-hydrogen) atoms. The average Bonchev–Trinajstić information content (AvgIpc) is 3.04. The van der Waals surface area contributed by atoms with E-state index in [0.29, 0.717) is 6.04 Å². The Bertz CT molecular complexity index is 539. The van der Waals surface area contributed by atoms with Gasteiger partial charge in [-0.05, 0) is 38.8 Å². The monoisotopic (exact) mass is 291 g/mol. The highest BCUT2D eigenvalue weighted by atomic mass is 16.4. The molecule has 1 N–H and O–H groups in total. The fourth-order valence-corrected chi connectivity index (χ4v) is 4.04. The molecule has 114 valence electrons. The molecule has 7 heteroatoms. The number of fused-ring (bicyclic) bond motifs is 1. The topological polar surface area (TPSA) is 74.5 Å². The Labute approximate surface area is 123 Å². The van der Waals surface area contributed by atoms with Crippen molar-refractivity contribution in [3.8, 4) is 0 Å². The van der Waals surface area contributed by atoms with Crippen molar-refractivity contribution in [1.82, 2.24) is 24.8 Å². The Hall–Kier alpha value is -1.47. The molecule has 3 fully saturated rings. The minimum atomic E-state index is -1.01. The number of carbonyl (C=O) groups is 1. The number of likely N-dealkylation sites (tertiary alicyclic amines) is 1. The number of aromatic nitrogens is 3. The van der Waals surface area contributed by atoms with Crippen LogP contribution < -0.4 is 0 Å². The van der Waals surface area contributed by atoms with Gasteiger partial charge in [-0.2, -0.15) is 0 Å². The SMILES string of the molecule is O=C(O)c1cn(C2CN(C3CCN4CCCC4C3)C2)nn1. The molecule has 0 aromatic carbocycles. The van der Waals surface area contributed by atoms with E-state index < -0.39 is 5.97 Å². The Balaban J connectivity index is 1.33. The predicted octanol–water partition coefficient (Wildman–Crippen LogP) is 0.460. The van der Waals surface area contributed by atoms with E-state index in [1.165, 1.54) is 38.8 Å². The van der Waals surface area contributed by atoms with Gasteiger partial charge in [-0.3, -0.25) is 4.90 Å². The number of piperidine rings is 1. The zero-order chi connectivity index (χ0) is 14.4. The maximum absolute atomic E-state index is 10.8. The number of carboxylic acids is 1. The van der Waals surface area contributed by atoms with Gasteiger partial charge in [0.05, 0.1) is 12.2 Å². The van der Waals surface area contributed by atoms with E-state index in [2.05, 4.69) is 20.1 Å². The van der Waals surface area contributed by atoms with E-state index in [0.717, 1.165) is 19.1 Å². The van der Waals surface area contributed by atoms with Crippen LogP contribution in [0.25, 0.3) is 0 Å². The summed E-state index contributed by atoms with van der Waals surface area (Å²) in [6.45, 7) is 4.47. The molecule has 4 heterocycles. The quantitative estimate of drug-likeness (QED) is 0.872. The second-order valence-electron chi connectivity index (χ2n) is 6.51. The van der Waals surface area contributed by atoms with Gasteiger partial charge in [0, 0.05) is 25.2 Å².